The molecule has 1 saturated carbocycles. The van der Waals surface area contributed by atoms with Crippen molar-refractivity contribution in [1.82, 2.24) is 4.72 Å². The van der Waals surface area contributed by atoms with Crippen LogP contribution < -0.4 is 4.72 Å². The predicted octanol–water partition coefficient (Wildman–Crippen LogP) is 1.52. The standard InChI is InChI=1S/C14H15NO4S/c1-3-10-8-13(10)14(17)15-20(18,19)12-6-4-5-11(7-12)9(2)16/h3-7,10,13H,1,8H2,2H3,(H,15,17)/t10-,13+/m1/s1. The molecule has 106 valence electrons. The quantitative estimate of drug-likeness (QED) is 0.659. The van der Waals surface area contributed by atoms with E-state index in [0.717, 1.165) is 0 Å². The summed E-state index contributed by atoms with van der Waals surface area (Å²) in [5.41, 5.74) is 0.288. The van der Waals surface area contributed by atoms with Crippen LogP contribution >= 0.6 is 0 Å². The first-order valence-corrected chi connectivity index (χ1v) is 7.63. The second-order valence-corrected chi connectivity index (χ2v) is 6.48. The Bertz CT molecular complexity index is 678. The molecule has 1 aliphatic carbocycles. The summed E-state index contributed by atoms with van der Waals surface area (Å²) in [6, 6.07) is 5.60. The Labute approximate surface area is 117 Å². The third-order valence-corrected chi connectivity index (χ3v) is 4.61. The molecule has 0 spiro atoms. The van der Waals surface area contributed by atoms with Crippen LogP contribution in [-0.4, -0.2) is 20.1 Å². The van der Waals surface area contributed by atoms with Gasteiger partial charge in [0.2, 0.25) is 5.91 Å². The maximum absolute atomic E-state index is 12.1. The van der Waals surface area contributed by atoms with Gasteiger partial charge in [-0.15, -0.1) is 6.58 Å². The van der Waals surface area contributed by atoms with Gasteiger partial charge in [-0.1, -0.05) is 18.2 Å². The molecule has 1 N–H and O–H groups in total. The molecule has 1 aromatic carbocycles. The van der Waals surface area contributed by atoms with Crippen molar-refractivity contribution in [2.24, 2.45) is 11.8 Å². The van der Waals surface area contributed by atoms with E-state index in [1.165, 1.54) is 31.2 Å². The molecule has 1 fully saturated rings. The number of amides is 1. The van der Waals surface area contributed by atoms with Crippen LogP contribution in [0.2, 0.25) is 0 Å². The monoisotopic (exact) mass is 293 g/mol. The molecule has 1 amide bonds. The number of sulfonamides is 1. The lowest BCUT2D eigenvalue weighted by atomic mass is 10.2. The molecule has 0 unspecified atom stereocenters. The zero-order valence-electron chi connectivity index (χ0n) is 11.0. The molecular weight excluding hydrogens is 278 g/mol. The van der Waals surface area contributed by atoms with Crippen molar-refractivity contribution in [3.63, 3.8) is 0 Å². The number of carbonyl (C=O) groups excluding carboxylic acids is 2. The first-order valence-electron chi connectivity index (χ1n) is 6.15. The Morgan fingerprint density at radius 1 is 1.40 bits per heavy atom. The minimum Gasteiger partial charge on any atom is -0.295 e. The number of rotatable bonds is 5. The van der Waals surface area contributed by atoms with Crippen molar-refractivity contribution in [1.29, 1.82) is 0 Å². The number of allylic oxidation sites excluding steroid dienone is 1. The van der Waals surface area contributed by atoms with E-state index in [1.54, 1.807) is 6.08 Å². The van der Waals surface area contributed by atoms with Gasteiger partial charge < -0.3 is 0 Å². The number of nitrogens with one attached hydrogen (secondary N) is 1. The van der Waals surface area contributed by atoms with E-state index in [1.807, 2.05) is 4.72 Å². The third-order valence-electron chi connectivity index (χ3n) is 3.27. The minimum absolute atomic E-state index is 0.0498. The van der Waals surface area contributed by atoms with Crippen LogP contribution in [0.3, 0.4) is 0 Å². The van der Waals surface area contributed by atoms with E-state index < -0.39 is 15.9 Å². The van der Waals surface area contributed by atoms with Gasteiger partial charge in [-0.2, -0.15) is 0 Å². The van der Waals surface area contributed by atoms with Gasteiger partial charge in [0.25, 0.3) is 10.0 Å². The van der Waals surface area contributed by atoms with E-state index in [2.05, 4.69) is 6.58 Å². The van der Waals surface area contributed by atoms with E-state index in [4.69, 9.17) is 0 Å². The summed E-state index contributed by atoms with van der Waals surface area (Å²) in [4.78, 5) is 22.9. The lowest BCUT2D eigenvalue weighted by Crippen LogP contribution is -2.32. The van der Waals surface area contributed by atoms with Crippen molar-refractivity contribution in [3.05, 3.63) is 42.5 Å². The summed E-state index contributed by atoms with van der Waals surface area (Å²) >= 11 is 0. The van der Waals surface area contributed by atoms with Crippen LogP contribution in [0.5, 0.6) is 0 Å². The van der Waals surface area contributed by atoms with Gasteiger partial charge in [0, 0.05) is 11.5 Å². The topological polar surface area (TPSA) is 80.3 Å². The average Bonchev–Trinajstić information content (AvgIpc) is 3.18. The summed E-state index contributed by atoms with van der Waals surface area (Å²) in [7, 11) is -3.94. The summed E-state index contributed by atoms with van der Waals surface area (Å²) in [6.45, 7) is 4.92. The molecule has 0 saturated heterocycles. The van der Waals surface area contributed by atoms with E-state index in [0.29, 0.717) is 6.42 Å². The molecule has 5 nitrogen and oxygen atoms in total. The highest BCUT2D eigenvalue weighted by molar-refractivity contribution is 7.90. The maximum atomic E-state index is 12.1. The van der Waals surface area contributed by atoms with Gasteiger partial charge in [-0.3, -0.25) is 9.59 Å². The first kappa shape index (κ1) is 14.5. The molecule has 0 aliphatic heterocycles. The normalized spacial score (nSPS) is 21.1. The fourth-order valence-corrected chi connectivity index (χ4v) is 3.00. The van der Waals surface area contributed by atoms with E-state index in [9.17, 15) is 18.0 Å². The van der Waals surface area contributed by atoms with E-state index in [-0.39, 0.29) is 28.1 Å². The number of ketones is 1. The Morgan fingerprint density at radius 3 is 2.65 bits per heavy atom. The van der Waals surface area contributed by atoms with Crippen molar-refractivity contribution in [3.8, 4) is 0 Å². The second kappa shape index (κ2) is 5.20. The number of hydrogen-bond acceptors (Lipinski definition) is 4. The van der Waals surface area contributed by atoms with Gasteiger partial charge in [0.15, 0.2) is 5.78 Å². The zero-order chi connectivity index (χ0) is 14.9. The summed E-state index contributed by atoms with van der Waals surface area (Å²) in [6.07, 6.45) is 2.27. The highest BCUT2D eigenvalue weighted by Crippen LogP contribution is 2.39. The largest absolute Gasteiger partial charge is 0.295 e. The van der Waals surface area contributed by atoms with Crippen LogP contribution in [0.15, 0.2) is 41.8 Å². The Morgan fingerprint density at radius 2 is 2.10 bits per heavy atom. The van der Waals surface area contributed by atoms with Crippen LogP contribution in [0.1, 0.15) is 23.7 Å². The van der Waals surface area contributed by atoms with Crippen LogP contribution in [0.25, 0.3) is 0 Å². The SMILES string of the molecule is C=C[C@@H]1C[C@@H]1C(=O)NS(=O)(=O)c1cccc(C(C)=O)c1. The molecular formula is C14H15NO4S. The molecule has 1 aromatic rings. The van der Waals surface area contributed by atoms with Gasteiger partial charge in [0.05, 0.1) is 4.90 Å². The second-order valence-electron chi connectivity index (χ2n) is 4.80. The fourth-order valence-electron chi connectivity index (χ4n) is 1.93. The molecule has 0 radical (unpaired) electrons. The van der Waals surface area contributed by atoms with Crippen molar-refractivity contribution >= 4 is 21.7 Å². The summed E-state index contributed by atoms with van der Waals surface area (Å²) < 4.78 is 26.2. The predicted molar refractivity (Wildman–Crippen MR) is 73.6 cm³/mol. The molecule has 0 aromatic heterocycles. The number of carbonyl (C=O) groups is 2. The lowest BCUT2D eigenvalue weighted by Gasteiger charge is -2.07. The van der Waals surface area contributed by atoms with Gasteiger partial charge in [0.1, 0.15) is 0 Å². The Balaban J connectivity index is 2.18. The zero-order valence-corrected chi connectivity index (χ0v) is 11.8. The first-order chi connectivity index (χ1) is 9.35. The molecule has 2 atom stereocenters. The summed E-state index contributed by atoms with van der Waals surface area (Å²) in [5, 5.41) is 0. The maximum Gasteiger partial charge on any atom is 0.264 e. The third kappa shape index (κ3) is 2.96. The molecule has 0 heterocycles. The molecule has 6 heteroatoms. The van der Waals surface area contributed by atoms with Crippen molar-refractivity contribution < 1.29 is 18.0 Å². The highest BCUT2D eigenvalue weighted by Gasteiger charge is 2.42. The van der Waals surface area contributed by atoms with Crippen molar-refractivity contribution in [2.45, 2.75) is 18.2 Å². The molecule has 2 rings (SSSR count). The van der Waals surface area contributed by atoms with Crippen LogP contribution in [0.4, 0.5) is 0 Å². The van der Waals surface area contributed by atoms with Gasteiger partial charge in [-0.05, 0) is 31.4 Å². The smallest absolute Gasteiger partial charge is 0.264 e. The van der Waals surface area contributed by atoms with Gasteiger partial charge in [-0.25, -0.2) is 13.1 Å². The number of benzene rings is 1. The van der Waals surface area contributed by atoms with E-state index >= 15 is 0 Å². The van der Waals surface area contributed by atoms with Crippen LogP contribution in [-0.2, 0) is 14.8 Å². The number of hydrogen-bond donors (Lipinski definition) is 1. The lowest BCUT2D eigenvalue weighted by molar-refractivity contribution is -0.120. The molecule has 0 bridgehead atoms. The Kier molecular flexibility index (Phi) is 3.76. The van der Waals surface area contributed by atoms with Crippen molar-refractivity contribution in [2.75, 3.05) is 0 Å². The minimum atomic E-state index is -3.94. The van der Waals surface area contributed by atoms with Gasteiger partial charge >= 0.3 is 0 Å². The number of Topliss-reactive ketones (excluding diaryl/α,β-unsaturated/α-hetero) is 1. The van der Waals surface area contributed by atoms with Crippen LogP contribution in [0, 0.1) is 11.8 Å². The fraction of sp³-hybridized carbons (Fsp3) is 0.286. The highest BCUT2D eigenvalue weighted by atomic mass is 32.2. The average molecular weight is 293 g/mol. The molecule has 20 heavy (non-hydrogen) atoms. The summed E-state index contributed by atoms with van der Waals surface area (Å²) in [5.74, 6) is -1.03. The molecule has 1 aliphatic rings. The Hall–Kier alpha value is -1.95.